The van der Waals surface area contributed by atoms with Crippen molar-refractivity contribution in [1.29, 1.82) is 0 Å². The van der Waals surface area contributed by atoms with Gasteiger partial charge in [0.05, 0.1) is 5.69 Å². The van der Waals surface area contributed by atoms with Gasteiger partial charge < -0.3 is 10.2 Å². The maximum atomic E-state index is 12.7. The van der Waals surface area contributed by atoms with Crippen molar-refractivity contribution >= 4 is 42.3 Å². The molecule has 1 amide bonds. The van der Waals surface area contributed by atoms with Gasteiger partial charge in [-0.05, 0) is 42.4 Å². The van der Waals surface area contributed by atoms with E-state index in [9.17, 15) is 4.79 Å². The molecule has 3 heterocycles. The molecule has 2 aromatic carbocycles. The van der Waals surface area contributed by atoms with Crippen molar-refractivity contribution in [1.82, 2.24) is 19.5 Å². The van der Waals surface area contributed by atoms with Gasteiger partial charge in [0.15, 0.2) is 5.65 Å². The quantitative estimate of drug-likeness (QED) is 0.465. The fourth-order valence-electron chi connectivity index (χ4n) is 4.27. The Labute approximate surface area is 199 Å². The number of carbonyl (C=O) groups excluding carboxylic acids is 1. The highest BCUT2D eigenvalue weighted by Gasteiger charge is 2.24. The maximum absolute atomic E-state index is 12.7. The Hall–Kier alpha value is -3.32. The molecule has 0 spiro atoms. The van der Waals surface area contributed by atoms with Crippen molar-refractivity contribution in [3.05, 3.63) is 77.4 Å². The number of anilines is 1. The number of aromatic nitrogens is 3. The van der Waals surface area contributed by atoms with Gasteiger partial charge >= 0.3 is 0 Å². The number of benzene rings is 2. The van der Waals surface area contributed by atoms with Crippen molar-refractivity contribution in [3.8, 4) is 11.3 Å². The number of halogens is 1. The third-order valence-electron chi connectivity index (χ3n) is 6.14. The molecule has 4 aromatic rings. The Kier molecular flexibility index (Phi) is 6.05. The summed E-state index contributed by atoms with van der Waals surface area (Å²) in [5.74, 6) is 1.37. The van der Waals surface area contributed by atoms with Crippen molar-refractivity contribution in [2.24, 2.45) is 5.92 Å². The molecular formula is C25H23BClN5O. The van der Waals surface area contributed by atoms with Crippen LogP contribution in [-0.4, -0.2) is 52.9 Å². The van der Waals surface area contributed by atoms with Crippen LogP contribution in [0.2, 0.25) is 5.02 Å². The molecular weight excluding hydrogens is 433 g/mol. The van der Waals surface area contributed by atoms with E-state index in [1.54, 1.807) is 10.7 Å². The lowest BCUT2D eigenvalue weighted by Crippen LogP contribution is -2.40. The fraction of sp³-hybridized carbons (Fsp3) is 0.240. The molecule has 0 aliphatic carbocycles. The molecule has 5 rings (SSSR count). The van der Waals surface area contributed by atoms with E-state index in [0.717, 1.165) is 55.1 Å². The number of hydrogen-bond donors (Lipinski definition) is 1. The van der Waals surface area contributed by atoms with Crippen LogP contribution in [0.15, 0.2) is 66.9 Å². The maximum Gasteiger partial charge on any atom is 0.253 e. The highest BCUT2D eigenvalue weighted by Crippen LogP contribution is 2.28. The van der Waals surface area contributed by atoms with Crippen LogP contribution in [-0.2, 0) is 0 Å². The molecule has 6 nitrogen and oxygen atoms in total. The van der Waals surface area contributed by atoms with Crippen LogP contribution in [0.3, 0.4) is 0 Å². The predicted molar refractivity (Wildman–Crippen MR) is 132 cm³/mol. The summed E-state index contributed by atoms with van der Waals surface area (Å²) in [6, 6.07) is 19.0. The zero-order valence-electron chi connectivity index (χ0n) is 18.1. The van der Waals surface area contributed by atoms with Gasteiger partial charge in [-0.15, -0.1) is 0 Å². The molecule has 33 heavy (non-hydrogen) atoms. The van der Waals surface area contributed by atoms with Crippen molar-refractivity contribution in [2.75, 3.05) is 25.0 Å². The van der Waals surface area contributed by atoms with E-state index in [-0.39, 0.29) is 5.91 Å². The zero-order valence-corrected chi connectivity index (χ0v) is 18.9. The summed E-state index contributed by atoms with van der Waals surface area (Å²) in [5, 5.41) is 8.56. The average molecular weight is 456 g/mol. The van der Waals surface area contributed by atoms with Crippen LogP contribution in [0.1, 0.15) is 23.2 Å². The first kappa shape index (κ1) is 21.5. The Bertz CT molecular complexity index is 1280. The summed E-state index contributed by atoms with van der Waals surface area (Å²) in [7, 11) is 6.12. The number of nitrogens with zero attached hydrogens (tertiary/aromatic N) is 4. The molecule has 1 aliphatic heterocycles. The first-order chi connectivity index (χ1) is 16.1. The van der Waals surface area contributed by atoms with E-state index in [1.807, 2.05) is 65.6 Å². The lowest BCUT2D eigenvalue weighted by molar-refractivity contribution is 0.0695. The van der Waals surface area contributed by atoms with E-state index in [0.29, 0.717) is 22.1 Å². The van der Waals surface area contributed by atoms with Gasteiger partial charge in [-0.2, -0.15) is 9.61 Å². The summed E-state index contributed by atoms with van der Waals surface area (Å²) in [6.45, 7) is 2.28. The van der Waals surface area contributed by atoms with E-state index in [4.69, 9.17) is 19.4 Å². The number of hydrogen-bond acceptors (Lipinski definition) is 4. The van der Waals surface area contributed by atoms with Gasteiger partial charge in [-0.25, -0.2) is 4.98 Å². The van der Waals surface area contributed by atoms with E-state index < -0.39 is 0 Å². The molecule has 0 saturated carbocycles. The predicted octanol–water partition coefficient (Wildman–Crippen LogP) is 3.81. The van der Waals surface area contributed by atoms with E-state index in [2.05, 4.69) is 15.4 Å². The second-order valence-corrected chi connectivity index (χ2v) is 8.73. The largest absolute Gasteiger partial charge is 0.370 e. The highest BCUT2D eigenvalue weighted by atomic mass is 35.5. The topological polar surface area (TPSA) is 62.5 Å². The lowest BCUT2D eigenvalue weighted by atomic mass is 9.96. The van der Waals surface area contributed by atoms with Crippen LogP contribution in [0, 0.1) is 5.92 Å². The van der Waals surface area contributed by atoms with Gasteiger partial charge in [0, 0.05) is 48.0 Å². The molecule has 1 N–H and O–H groups in total. The Morgan fingerprint density at radius 2 is 1.82 bits per heavy atom. The summed E-state index contributed by atoms with van der Waals surface area (Å²) < 4.78 is 1.73. The van der Waals surface area contributed by atoms with Gasteiger partial charge in [0.2, 0.25) is 0 Å². The minimum absolute atomic E-state index is 0.106. The zero-order chi connectivity index (χ0) is 22.8. The number of carbonyl (C=O) groups is 1. The van der Waals surface area contributed by atoms with E-state index in [1.165, 1.54) is 0 Å². The first-order valence-corrected chi connectivity index (χ1v) is 11.5. The molecule has 2 aromatic heterocycles. The van der Waals surface area contributed by atoms with Gasteiger partial charge in [-0.1, -0.05) is 48.0 Å². The van der Waals surface area contributed by atoms with Crippen molar-refractivity contribution < 1.29 is 4.79 Å². The van der Waals surface area contributed by atoms with Crippen LogP contribution in [0.25, 0.3) is 16.9 Å². The number of rotatable bonds is 5. The molecule has 1 fully saturated rings. The molecule has 164 valence electrons. The van der Waals surface area contributed by atoms with Gasteiger partial charge in [-0.3, -0.25) is 4.79 Å². The van der Waals surface area contributed by atoms with Crippen LogP contribution in [0.4, 0.5) is 5.82 Å². The SMILES string of the molecule is [B]c1cnn2c(NCC3CCN(C(=O)c4ccccc4)CC3)cc(-c3ccccc3Cl)nc12. The van der Waals surface area contributed by atoms with Crippen LogP contribution in [0.5, 0.6) is 0 Å². The molecule has 0 atom stereocenters. The van der Waals surface area contributed by atoms with Crippen LogP contribution >= 0.6 is 11.6 Å². The van der Waals surface area contributed by atoms with Crippen LogP contribution < -0.4 is 10.8 Å². The van der Waals surface area contributed by atoms with Gasteiger partial charge in [0.25, 0.3) is 5.91 Å². The average Bonchev–Trinajstić information content (AvgIpc) is 3.24. The highest BCUT2D eigenvalue weighted by molar-refractivity contribution is 6.36. The summed E-state index contributed by atoms with van der Waals surface area (Å²) in [6.07, 6.45) is 3.49. The van der Waals surface area contributed by atoms with Crippen molar-refractivity contribution in [3.63, 3.8) is 0 Å². The molecule has 0 bridgehead atoms. The van der Waals surface area contributed by atoms with Gasteiger partial charge in [0.1, 0.15) is 13.7 Å². The summed E-state index contributed by atoms with van der Waals surface area (Å²) in [5.41, 5.74) is 3.44. The fourth-order valence-corrected chi connectivity index (χ4v) is 4.50. The third kappa shape index (κ3) is 4.46. The Morgan fingerprint density at radius 1 is 1.09 bits per heavy atom. The Balaban J connectivity index is 1.29. The van der Waals surface area contributed by atoms with E-state index >= 15 is 0 Å². The monoisotopic (exact) mass is 455 g/mol. The molecule has 8 heteroatoms. The number of fused-ring (bicyclic) bond motifs is 1. The smallest absolute Gasteiger partial charge is 0.253 e. The minimum atomic E-state index is 0.106. The molecule has 2 radical (unpaired) electrons. The normalized spacial score (nSPS) is 14.5. The number of likely N-dealkylation sites (tertiary alicyclic amines) is 1. The minimum Gasteiger partial charge on any atom is -0.370 e. The third-order valence-corrected chi connectivity index (χ3v) is 6.47. The summed E-state index contributed by atoms with van der Waals surface area (Å²) >= 11 is 6.41. The molecule has 1 saturated heterocycles. The van der Waals surface area contributed by atoms with Crippen molar-refractivity contribution in [2.45, 2.75) is 12.8 Å². The summed E-state index contributed by atoms with van der Waals surface area (Å²) in [4.78, 5) is 19.3. The standard InChI is InChI=1S/C25H23BClN5O/c26-20-16-29-32-23(14-22(30-24(20)32)19-8-4-5-9-21(19)27)28-15-17-10-12-31(13-11-17)25(33)18-6-2-1-3-7-18/h1-9,14,16-17,28H,10-13,15H2. The Morgan fingerprint density at radius 3 is 2.58 bits per heavy atom. The second kappa shape index (κ2) is 9.28. The number of nitrogens with one attached hydrogen (secondary N) is 1. The lowest BCUT2D eigenvalue weighted by Gasteiger charge is -2.32. The number of amides is 1. The molecule has 0 unspecified atom stereocenters. The second-order valence-electron chi connectivity index (χ2n) is 8.32. The molecule has 1 aliphatic rings. The number of piperidine rings is 1. The first-order valence-electron chi connectivity index (χ1n) is 11.1.